The zero-order valence-corrected chi connectivity index (χ0v) is 13.5. The van der Waals surface area contributed by atoms with Gasteiger partial charge >= 0.3 is 0 Å². The zero-order valence-electron chi connectivity index (χ0n) is 11.9. The Labute approximate surface area is 141 Å². The summed E-state index contributed by atoms with van der Waals surface area (Å²) < 4.78 is 0. The molecule has 1 aromatic heterocycles. The highest BCUT2D eigenvalue weighted by atomic mass is 35.5. The number of carbonyl (C=O) groups excluding carboxylic acids is 2. The van der Waals surface area contributed by atoms with Gasteiger partial charge in [0.15, 0.2) is 0 Å². The molecule has 1 aromatic carbocycles. The van der Waals surface area contributed by atoms with Gasteiger partial charge in [-0.1, -0.05) is 17.7 Å². The first-order valence-corrected chi connectivity index (χ1v) is 7.89. The van der Waals surface area contributed by atoms with Crippen LogP contribution < -0.4 is 10.1 Å². The molecule has 0 radical (unpaired) electrons. The lowest BCUT2D eigenvalue weighted by molar-refractivity contribution is -0.255. The average molecular weight is 346 g/mol. The van der Waals surface area contributed by atoms with E-state index in [1.807, 2.05) is 17.5 Å². The van der Waals surface area contributed by atoms with Crippen molar-refractivity contribution in [2.24, 2.45) is 5.10 Å². The lowest BCUT2D eigenvalue weighted by Crippen LogP contribution is -2.25. The van der Waals surface area contributed by atoms with Crippen molar-refractivity contribution >= 4 is 52.3 Å². The van der Waals surface area contributed by atoms with Crippen molar-refractivity contribution in [2.75, 3.05) is 5.01 Å². The molecule has 0 aliphatic carbocycles. The van der Waals surface area contributed by atoms with E-state index >= 15 is 0 Å². The van der Waals surface area contributed by atoms with Crippen LogP contribution in [0.4, 0.5) is 5.69 Å². The summed E-state index contributed by atoms with van der Waals surface area (Å²) >= 11 is 7.33. The number of rotatable bonds is 3. The highest BCUT2D eigenvalue weighted by Crippen LogP contribution is 2.28. The fourth-order valence-electron chi connectivity index (χ4n) is 2.18. The molecule has 0 N–H and O–H groups in total. The lowest BCUT2D eigenvalue weighted by atomic mass is 10.1. The number of anilines is 1. The van der Waals surface area contributed by atoms with E-state index in [1.54, 1.807) is 13.0 Å². The highest BCUT2D eigenvalue weighted by molar-refractivity contribution is 7.10. The predicted molar refractivity (Wildman–Crippen MR) is 88.7 cm³/mol. The predicted octanol–water partition coefficient (Wildman–Crippen LogP) is 2.57. The fraction of sp³-hybridized carbons (Fsp3) is 0.0625. The SMILES string of the molecule is CC1=NN(c2ccc(Cl)c(C(=O)[O-])c2)C(=O)/C1=C/c1cccs1. The van der Waals surface area contributed by atoms with Crippen LogP contribution in [0, 0.1) is 0 Å². The molecular formula is C16H10ClN2O3S-. The summed E-state index contributed by atoms with van der Waals surface area (Å²) in [4.78, 5) is 24.6. The van der Waals surface area contributed by atoms with Gasteiger partial charge in [-0.05, 0) is 42.6 Å². The molecule has 2 heterocycles. The van der Waals surface area contributed by atoms with Crippen molar-refractivity contribution < 1.29 is 14.7 Å². The quantitative estimate of drug-likeness (QED) is 0.802. The third-order valence-electron chi connectivity index (χ3n) is 3.31. The third-order valence-corrected chi connectivity index (χ3v) is 4.46. The Morgan fingerprint density at radius 2 is 2.17 bits per heavy atom. The van der Waals surface area contributed by atoms with Gasteiger partial charge in [0, 0.05) is 15.5 Å². The van der Waals surface area contributed by atoms with Gasteiger partial charge in [0.2, 0.25) is 0 Å². The van der Waals surface area contributed by atoms with Gasteiger partial charge in [0.1, 0.15) is 0 Å². The van der Waals surface area contributed by atoms with E-state index in [4.69, 9.17) is 11.6 Å². The zero-order chi connectivity index (χ0) is 16.6. The molecular weight excluding hydrogens is 336 g/mol. The summed E-state index contributed by atoms with van der Waals surface area (Å²) in [7, 11) is 0. The summed E-state index contributed by atoms with van der Waals surface area (Å²) in [5, 5.41) is 18.4. The minimum absolute atomic E-state index is 0.0513. The maximum atomic E-state index is 12.6. The molecule has 2 aromatic rings. The molecule has 116 valence electrons. The number of hydrogen-bond donors (Lipinski definition) is 0. The van der Waals surface area contributed by atoms with Gasteiger partial charge in [0.05, 0.1) is 22.9 Å². The highest BCUT2D eigenvalue weighted by Gasteiger charge is 2.29. The molecule has 7 heteroatoms. The Morgan fingerprint density at radius 3 is 2.83 bits per heavy atom. The number of carbonyl (C=O) groups is 2. The third kappa shape index (κ3) is 2.91. The maximum absolute atomic E-state index is 12.6. The Kier molecular flexibility index (Phi) is 4.02. The molecule has 0 bridgehead atoms. The van der Waals surface area contributed by atoms with Crippen molar-refractivity contribution in [1.82, 2.24) is 0 Å². The summed E-state index contributed by atoms with van der Waals surface area (Å²) in [5.41, 5.74) is 1.18. The molecule has 1 aliphatic rings. The summed E-state index contributed by atoms with van der Waals surface area (Å²) in [6, 6.07) is 8.02. The van der Waals surface area contributed by atoms with E-state index in [9.17, 15) is 14.7 Å². The number of carboxylic acid groups (broad SMARTS) is 1. The number of nitrogens with zero attached hydrogens (tertiary/aromatic N) is 2. The number of benzene rings is 1. The number of halogens is 1. The second-order valence-electron chi connectivity index (χ2n) is 4.83. The van der Waals surface area contributed by atoms with Gasteiger partial charge in [-0.2, -0.15) is 10.1 Å². The molecule has 0 saturated heterocycles. The van der Waals surface area contributed by atoms with Crippen molar-refractivity contribution in [3.05, 3.63) is 56.7 Å². The van der Waals surface area contributed by atoms with Crippen molar-refractivity contribution in [2.45, 2.75) is 6.92 Å². The summed E-state index contributed by atoms with van der Waals surface area (Å²) in [5.74, 6) is -1.72. The van der Waals surface area contributed by atoms with Crippen LogP contribution in [0.1, 0.15) is 22.2 Å². The molecule has 0 fully saturated rings. The van der Waals surface area contributed by atoms with Crippen LogP contribution in [0.5, 0.6) is 0 Å². The van der Waals surface area contributed by atoms with E-state index in [2.05, 4.69) is 5.10 Å². The van der Waals surface area contributed by atoms with Crippen LogP contribution in [0.25, 0.3) is 6.08 Å². The van der Waals surface area contributed by atoms with Crippen LogP contribution in [-0.2, 0) is 4.79 Å². The first-order valence-electron chi connectivity index (χ1n) is 6.63. The van der Waals surface area contributed by atoms with E-state index in [0.29, 0.717) is 17.0 Å². The van der Waals surface area contributed by atoms with E-state index in [1.165, 1.54) is 29.5 Å². The minimum atomic E-state index is -1.40. The summed E-state index contributed by atoms with van der Waals surface area (Å²) in [6.45, 7) is 1.73. The van der Waals surface area contributed by atoms with Gasteiger partial charge < -0.3 is 9.90 Å². The average Bonchev–Trinajstić information content (AvgIpc) is 3.11. The van der Waals surface area contributed by atoms with Crippen LogP contribution in [0.15, 0.2) is 46.4 Å². The Bertz CT molecular complexity index is 856. The largest absolute Gasteiger partial charge is 0.545 e. The second kappa shape index (κ2) is 5.98. The normalized spacial score (nSPS) is 16.1. The van der Waals surface area contributed by atoms with Crippen LogP contribution in [0.3, 0.4) is 0 Å². The van der Waals surface area contributed by atoms with E-state index in [-0.39, 0.29) is 16.5 Å². The molecule has 0 atom stereocenters. The minimum Gasteiger partial charge on any atom is -0.545 e. The van der Waals surface area contributed by atoms with Gasteiger partial charge in [-0.25, -0.2) is 0 Å². The molecule has 1 amide bonds. The van der Waals surface area contributed by atoms with Crippen molar-refractivity contribution in [3.8, 4) is 0 Å². The molecule has 23 heavy (non-hydrogen) atoms. The van der Waals surface area contributed by atoms with Crippen LogP contribution in [-0.4, -0.2) is 17.6 Å². The molecule has 3 rings (SSSR count). The lowest BCUT2D eigenvalue weighted by Gasteiger charge is -2.14. The monoisotopic (exact) mass is 345 g/mol. The van der Waals surface area contributed by atoms with Gasteiger partial charge in [0.25, 0.3) is 5.91 Å². The number of thiophene rings is 1. The Hall–Kier alpha value is -2.44. The Balaban J connectivity index is 1.98. The Morgan fingerprint density at radius 1 is 1.39 bits per heavy atom. The van der Waals surface area contributed by atoms with E-state index < -0.39 is 5.97 Å². The summed E-state index contributed by atoms with van der Waals surface area (Å²) in [6.07, 6.45) is 1.77. The first kappa shape index (κ1) is 15.5. The van der Waals surface area contributed by atoms with E-state index in [0.717, 1.165) is 9.89 Å². The molecule has 1 aliphatic heterocycles. The van der Waals surface area contributed by atoms with Crippen molar-refractivity contribution in [1.29, 1.82) is 0 Å². The molecule has 0 spiro atoms. The van der Waals surface area contributed by atoms with Crippen molar-refractivity contribution in [3.63, 3.8) is 0 Å². The second-order valence-corrected chi connectivity index (χ2v) is 6.21. The number of aromatic carboxylic acids is 1. The molecule has 0 unspecified atom stereocenters. The number of hydrazone groups is 1. The fourth-order valence-corrected chi connectivity index (χ4v) is 3.03. The van der Waals surface area contributed by atoms with Crippen LogP contribution >= 0.6 is 22.9 Å². The molecule has 0 saturated carbocycles. The van der Waals surface area contributed by atoms with Gasteiger partial charge in [-0.3, -0.25) is 4.79 Å². The number of carboxylic acids is 1. The number of amides is 1. The topological polar surface area (TPSA) is 72.8 Å². The number of hydrogen-bond acceptors (Lipinski definition) is 5. The first-order chi connectivity index (χ1) is 11.0. The van der Waals surface area contributed by atoms with Crippen LogP contribution in [0.2, 0.25) is 5.02 Å². The smallest absolute Gasteiger partial charge is 0.280 e. The standard InChI is InChI=1S/C16H11ClN2O3S/c1-9-12(8-11-3-2-6-23-11)15(20)19(18-9)10-4-5-14(17)13(7-10)16(21)22/h2-8H,1H3,(H,21,22)/p-1/b12-8+. The maximum Gasteiger partial charge on any atom is 0.280 e. The van der Waals surface area contributed by atoms with Gasteiger partial charge in [-0.15, -0.1) is 11.3 Å². The molecule has 5 nitrogen and oxygen atoms in total.